The minimum Gasteiger partial charge on any atom is -0.289 e. The first-order valence-electron chi connectivity index (χ1n) is 9.35. The van der Waals surface area contributed by atoms with Crippen LogP contribution in [0.3, 0.4) is 0 Å². The van der Waals surface area contributed by atoms with E-state index in [9.17, 15) is 0 Å². The first-order valence-corrected chi connectivity index (χ1v) is 9.35. The quantitative estimate of drug-likeness (QED) is 0.551. The second kappa shape index (κ2) is 6.95. The van der Waals surface area contributed by atoms with Crippen LogP contribution in [0.4, 0.5) is 0 Å². The maximum Gasteiger partial charge on any atom is 0.0846 e. The minimum atomic E-state index is 0.0880. The van der Waals surface area contributed by atoms with Gasteiger partial charge in [-0.2, -0.15) is 0 Å². The van der Waals surface area contributed by atoms with E-state index in [0.29, 0.717) is 0 Å². The van der Waals surface area contributed by atoms with Crippen LogP contribution in [-0.2, 0) is 0 Å². The average molecular weight is 351 g/mol. The van der Waals surface area contributed by atoms with Gasteiger partial charge in [0.2, 0.25) is 0 Å². The molecule has 5 rings (SSSR count). The third-order valence-electron chi connectivity index (χ3n) is 5.30. The Morgan fingerprint density at radius 3 is 1.85 bits per heavy atom. The largest absolute Gasteiger partial charge is 0.289 e. The van der Waals surface area contributed by atoms with Gasteiger partial charge in [-0.1, -0.05) is 72.8 Å². The van der Waals surface area contributed by atoms with Crippen molar-refractivity contribution < 1.29 is 0 Å². The SMILES string of the molecule is c1ccc(C2NC(c3ccc4ncccc4c3)NC2c2ccccc2)cc1. The van der Waals surface area contributed by atoms with Gasteiger partial charge in [0.25, 0.3) is 0 Å². The molecule has 2 atom stereocenters. The molecule has 0 aliphatic carbocycles. The number of aromatic nitrogens is 1. The molecule has 2 N–H and O–H groups in total. The summed E-state index contributed by atoms with van der Waals surface area (Å²) in [5.74, 6) is 0. The molecule has 0 saturated carbocycles. The highest BCUT2D eigenvalue weighted by Crippen LogP contribution is 2.38. The fraction of sp³-hybridized carbons (Fsp3) is 0.125. The van der Waals surface area contributed by atoms with E-state index in [-0.39, 0.29) is 18.2 Å². The highest BCUT2D eigenvalue weighted by molar-refractivity contribution is 5.79. The zero-order chi connectivity index (χ0) is 18.1. The van der Waals surface area contributed by atoms with Gasteiger partial charge in [-0.25, -0.2) is 0 Å². The minimum absolute atomic E-state index is 0.0880. The normalized spacial score (nSPS) is 22.1. The lowest BCUT2D eigenvalue weighted by molar-refractivity contribution is 0.554. The number of fused-ring (bicyclic) bond motifs is 1. The molecule has 3 heteroatoms. The highest BCUT2D eigenvalue weighted by Gasteiger charge is 2.35. The Kier molecular flexibility index (Phi) is 4.17. The lowest BCUT2D eigenvalue weighted by atomic mass is 9.95. The van der Waals surface area contributed by atoms with Gasteiger partial charge in [-0.15, -0.1) is 0 Å². The summed E-state index contributed by atoms with van der Waals surface area (Å²) in [5.41, 5.74) is 4.85. The molecule has 132 valence electrons. The van der Waals surface area contributed by atoms with Crippen molar-refractivity contribution >= 4 is 10.9 Å². The van der Waals surface area contributed by atoms with E-state index in [4.69, 9.17) is 0 Å². The molecule has 0 amide bonds. The number of hydrogen-bond acceptors (Lipinski definition) is 3. The molecule has 3 nitrogen and oxygen atoms in total. The summed E-state index contributed by atoms with van der Waals surface area (Å²) in [7, 11) is 0. The number of nitrogens with zero attached hydrogens (tertiary/aromatic N) is 1. The van der Waals surface area contributed by atoms with Crippen LogP contribution in [0.1, 0.15) is 34.9 Å². The summed E-state index contributed by atoms with van der Waals surface area (Å²) in [5, 5.41) is 8.78. The second-order valence-electron chi connectivity index (χ2n) is 7.00. The van der Waals surface area contributed by atoms with E-state index in [2.05, 4.69) is 101 Å². The third kappa shape index (κ3) is 3.12. The molecule has 4 aromatic rings. The maximum atomic E-state index is 4.43. The molecule has 27 heavy (non-hydrogen) atoms. The standard InChI is InChI=1S/C24H21N3/c1-3-8-17(9-4-1)22-23(18-10-5-2-6-11-18)27-24(26-22)20-13-14-21-19(16-20)12-7-15-25-21/h1-16,22-24,26-27H. The van der Waals surface area contributed by atoms with Gasteiger partial charge in [-0.3, -0.25) is 15.6 Å². The average Bonchev–Trinajstić information content (AvgIpc) is 3.20. The van der Waals surface area contributed by atoms with Gasteiger partial charge in [0.1, 0.15) is 0 Å². The van der Waals surface area contributed by atoms with E-state index < -0.39 is 0 Å². The fourth-order valence-electron chi connectivity index (χ4n) is 3.96. The van der Waals surface area contributed by atoms with E-state index in [1.54, 1.807) is 0 Å². The van der Waals surface area contributed by atoms with Crippen LogP contribution in [0.15, 0.2) is 97.2 Å². The second-order valence-corrected chi connectivity index (χ2v) is 7.00. The van der Waals surface area contributed by atoms with Gasteiger partial charge in [0, 0.05) is 11.6 Å². The summed E-state index contributed by atoms with van der Waals surface area (Å²) < 4.78 is 0. The van der Waals surface area contributed by atoms with Crippen molar-refractivity contribution in [2.24, 2.45) is 0 Å². The first kappa shape index (κ1) is 16.2. The topological polar surface area (TPSA) is 37.0 Å². The molecule has 0 bridgehead atoms. The predicted molar refractivity (Wildman–Crippen MR) is 109 cm³/mol. The molecule has 2 unspecified atom stereocenters. The van der Waals surface area contributed by atoms with Gasteiger partial charge in [0.15, 0.2) is 0 Å². The predicted octanol–water partition coefficient (Wildman–Crippen LogP) is 4.91. The van der Waals surface area contributed by atoms with E-state index in [1.165, 1.54) is 16.7 Å². The van der Waals surface area contributed by atoms with E-state index in [0.717, 1.165) is 10.9 Å². The molecule has 1 aromatic heterocycles. The molecule has 1 fully saturated rings. The lowest BCUT2D eigenvalue weighted by Gasteiger charge is -2.19. The molecule has 2 heterocycles. The smallest absolute Gasteiger partial charge is 0.0846 e. The summed E-state index contributed by atoms with van der Waals surface area (Å²) in [6, 6.07) is 32.4. The molecule has 3 aromatic carbocycles. The van der Waals surface area contributed by atoms with Crippen LogP contribution in [0.2, 0.25) is 0 Å². The molecule has 0 radical (unpaired) electrons. The van der Waals surface area contributed by atoms with E-state index in [1.807, 2.05) is 12.3 Å². The lowest BCUT2D eigenvalue weighted by Crippen LogP contribution is -2.22. The van der Waals surface area contributed by atoms with Crippen LogP contribution < -0.4 is 10.6 Å². The molecular formula is C24H21N3. The van der Waals surface area contributed by atoms with Gasteiger partial charge >= 0.3 is 0 Å². The Bertz CT molecular complexity index is 999. The zero-order valence-corrected chi connectivity index (χ0v) is 14.9. The maximum absolute atomic E-state index is 4.43. The number of hydrogen-bond donors (Lipinski definition) is 2. The highest BCUT2D eigenvalue weighted by atomic mass is 15.2. The van der Waals surface area contributed by atoms with Crippen molar-refractivity contribution in [2.75, 3.05) is 0 Å². The summed E-state index contributed by atoms with van der Waals surface area (Å²) in [6.45, 7) is 0. The van der Waals surface area contributed by atoms with Crippen LogP contribution in [-0.4, -0.2) is 4.98 Å². The Balaban J connectivity index is 1.53. The summed E-state index contributed by atoms with van der Waals surface area (Å²) in [4.78, 5) is 4.43. The fourth-order valence-corrected chi connectivity index (χ4v) is 3.96. The monoisotopic (exact) mass is 351 g/mol. The molecular weight excluding hydrogens is 330 g/mol. The zero-order valence-electron chi connectivity index (χ0n) is 14.9. The number of benzene rings is 3. The van der Waals surface area contributed by atoms with Gasteiger partial charge < -0.3 is 0 Å². The van der Waals surface area contributed by atoms with Crippen LogP contribution in [0.5, 0.6) is 0 Å². The van der Waals surface area contributed by atoms with Crippen molar-refractivity contribution in [2.45, 2.75) is 18.2 Å². The van der Waals surface area contributed by atoms with Crippen molar-refractivity contribution in [1.82, 2.24) is 15.6 Å². The van der Waals surface area contributed by atoms with E-state index >= 15 is 0 Å². The molecule has 1 saturated heterocycles. The number of rotatable bonds is 3. The number of nitrogens with one attached hydrogen (secondary N) is 2. The van der Waals surface area contributed by atoms with Crippen LogP contribution >= 0.6 is 0 Å². The van der Waals surface area contributed by atoms with Crippen molar-refractivity contribution in [1.29, 1.82) is 0 Å². The Morgan fingerprint density at radius 2 is 1.22 bits per heavy atom. The van der Waals surface area contributed by atoms with Crippen molar-refractivity contribution in [3.8, 4) is 0 Å². The number of pyridine rings is 1. The Hall–Kier alpha value is -3.01. The third-order valence-corrected chi connectivity index (χ3v) is 5.30. The van der Waals surface area contributed by atoms with Crippen molar-refractivity contribution in [3.63, 3.8) is 0 Å². The van der Waals surface area contributed by atoms with Gasteiger partial charge in [-0.05, 0) is 34.9 Å². The molecule has 1 aliphatic heterocycles. The first-order chi connectivity index (χ1) is 13.4. The van der Waals surface area contributed by atoms with Gasteiger partial charge in [0.05, 0.1) is 23.8 Å². The Labute approximate surface area is 159 Å². The van der Waals surface area contributed by atoms with Crippen molar-refractivity contribution in [3.05, 3.63) is 114 Å². The Morgan fingerprint density at radius 1 is 0.593 bits per heavy atom. The van der Waals surface area contributed by atoms with Crippen LogP contribution in [0, 0.1) is 0 Å². The van der Waals surface area contributed by atoms with Crippen LogP contribution in [0.25, 0.3) is 10.9 Å². The summed E-state index contributed by atoms with van der Waals surface area (Å²) >= 11 is 0. The molecule has 0 spiro atoms. The summed E-state index contributed by atoms with van der Waals surface area (Å²) in [6.07, 6.45) is 1.93. The molecule has 1 aliphatic rings.